The van der Waals surface area contributed by atoms with Crippen LogP contribution in [0.15, 0.2) is 0 Å². The van der Waals surface area contributed by atoms with Crippen molar-refractivity contribution in [3.05, 3.63) is 10.6 Å². The lowest BCUT2D eigenvalue weighted by atomic mass is 10.0. The number of nitriles is 1. The lowest BCUT2D eigenvalue weighted by Gasteiger charge is -2.30. The summed E-state index contributed by atoms with van der Waals surface area (Å²) in [7, 11) is 0. The Bertz CT molecular complexity index is 419. The van der Waals surface area contributed by atoms with Crippen molar-refractivity contribution in [1.29, 1.82) is 5.26 Å². The maximum Gasteiger partial charge on any atom is 0.185 e. The van der Waals surface area contributed by atoms with Crippen molar-refractivity contribution in [1.82, 2.24) is 4.98 Å². The number of hydrogen-bond acceptors (Lipinski definition) is 4. The molecule has 92 valence electrons. The van der Waals surface area contributed by atoms with Crippen molar-refractivity contribution in [2.75, 3.05) is 18.0 Å². The molecule has 0 spiro atoms. The molecule has 1 aliphatic rings. The second-order valence-corrected chi connectivity index (χ2v) is 5.81. The Balaban J connectivity index is 2.18. The summed E-state index contributed by atoms with van der Waals surface area (Å²) in [6.45, 7) is 6.64. The van der Waals surface area contributed by atoms with Gasteiger partial charge in [0.2, 0.25) is 0 Å². The van der Waals surface area contributed by atoms with Crippen LogP contribution in [0.25, 0.3) is 0 Å². The van der Waals surface area contributed by atoms with E-state index < -0.39 is 0 Å². The molecule has 0 aliphatic carbocycles. The minimum atomic E-state index is 0.504. The summed E-state index contributed by atoms with van der Waals surface area (Å²) in [5.74, 6) is 0.761. The van der Waals surface area contributed by atoms with E-state index in [1.165, 1.54) is 12.8 Å². The first kappa shape index (κ1) is 12.4. The van der Waals surface area contributed by atoms with Gasteiger partial charge in [-0.3, -0.25) is 0 Å². The molecule has 1 fully saturated rings. The highest BCUT2D eigenvalue weighted by Gasteiger charge is 2.20. The predicted molar refractivity (Wildman–Crippen MR) is 71.4 cm³/mol. The molecule has 17 heavy (non-hydrogen) atoms. The summed E-state index contributed by atoms with van der Waals surface area (Å²) >= 11 is 1.71. The Morgan fingerprint density at radius 2 is 2.41 bits per heavy atom. The maximum absolute atomic E-state index is 8.82. The van der Waals surface area contributed by atoms with E-state index in [2.05, 4.69) is 24.8 Å². The number of hydrogen-bond donors (Lipinski definition) is 0. The van der Waals surface area contributed by atoms with Gasteiger partial charge in [0.1, 0.15) is 0 Å². The molecule has 2 heterocycles. The van der Waals surface area contributed by atoms with Crippen LogP contribution in [0.4, 0.5) is 5.13 Å². The number of thiazole rings is 1. The van der Waals surface area contributed by atoms with Crippen molar-refractivity contribution >= 4 is 16.5 Å². The van der Waals surface area contributed by atoms with Crippen LogP contribution < -0.4 is 4.90 Å². The molecule has 0 aromatic carbocycles. The smallest absolute Gasteiger partial charge is 0.185 e. The highest BCUT2D eigenvalue weighted by molar-refractivity contribution is 7.15. The van der Waals surface area contributed by atoms with E-state index in [0.717, 1.165) is 41.1 Å². The average molecular weight is 249 g/mol. The van der Waals surface area contributed by atoms with Crippen LogP contribution >= 0.6 is 11.3 Å². The zero-order chi connectivity index (χ0) is 12.3. The molecule has 0 bridgehead atoms. The van der Waals surface area contributed by atoms with Crippen molar-refractivity contribution in [2.24, 2.45) is 5.92 Å². The summed E-state index contributed by atoms with van der Waals surface area (Å²) in [5, 5.41) is 9.94. The fraction of sp³-hybridized carbons (Fsp3) is 0.692. The van der Waals surface area contributed by atoms with E-state index in [-0.39, 0.29) is 0 Å². The van der Waals surface area contributed by atoms with Gasteiger partial charge in [0.15, 0.2) is 5.13 Å². The van der Waals surface area contributed by atoms with Gasteiger partial charge in [-0.25, -0.2) is 4.98 Å². The van der Waals surface area contributed by atoms with Gasteiger partial charge in [-0.2, -0.15) is 5.26 Å². The van der Waals surface area contributed by atoms with E-state index in [9.17, 15) is 0 Å². The molecule has 0 amide bonds. The van der Waals surface area contributed by atoms with E-state index in [1.54, 1.807) is 11.3 Å². The van der Waals surface area contributed by atoms with Crippen LogP contribution in [0.2, 0.25) is 0 Å². The second-order valence-electron chi connectivity index (χ2n) is 4.75. The third kappa shape index (κ3) is 2.78. The molecule has 3 nitrogen and oxygen atoms in total. The first-order valence-corrected chi connectivity index (χ1v) is 7.16. The number of nitrogens with zero attached hydrogens (tertiary/aromatic N) is 3. The third-order valence-electron chi connectivity index (χ3n) is 3.27. The normalized spacial score (nSPS) is 20.3. The first-order chi connectivity index (χ1) is 8.24. The first-order valence-electron chi connectivity index (χ1n) is 6.35. The van der Waals surface area contributed by atoms with Gasteiger partial charge in [-0.15, -0.1) is 11.3 Å². The second kappa shape index (κ2) is 5.50. The highest BCUT2D eigenvalue weighted by Crippen LogP contribution is 2.30. The van der Waals surface area contributed by atoms with Gasteiger partial charge in [0.25, 0.3) is 0 Å². The molecule has 1 saturated heterocycles. The van der Waals surface area contributed by atoms with Crippen molar-refractivity contribution < 1.29 is 0 Å². The molecule has 1 aliphatic heterocycles. The van der Waals surface area contributed by atoms with E-state index in [4.69, 9.17) is 10.2 Å². The molecular weight excluding hydrogens is 230 g/mol. The number of aryl methyl sites for hydroxylation is 1. The fourth-order valence-corrected chi connectivity index (χ4v) is 3.47. The van der Waals surface area contributed by atoms with E-state index in [1.807, 2.05) is 0 Å². The largest absolute Gasteiger partial charge is 0.348 e. The summed E-state index contributed by atoms with van der Waals surface area (Å²) in [6, 6.07) is 2.24. The van der Waals surface area contributed by atoms with Crippen LogP contribution in [0.5, 0.6) is 0 Å². The molecule has 1 aromatic rings. The van der Waals surface area contributed by atoms with Gasteiger partial charge >= 0.3 is 0 Å². The summed E-state index contributed by atoms with van der Waals surface area (Å²) in [4.78, 5) is 8.24. The molecule has 4 heteroatoms. The lowest BCUT2D eigenvalue weighted by Crippen LogP contribution is -2.34. The van der Waals surface area contributed by atoms with Crippen LogP contribution in [-0.4, -0.2) is 18.1 Å². The monoisotopic (exact) mass is 249 g/mol. The Morgan fingerprint density at radius 1 is 1.59 bits per heavy atom. The molecule has 0 radical (unpaired) electrons. The standard InChI is InChI=1S/C13H19N3S/c1-3-11-12(6-7-14)17-13(15-11)16-8-4-5-10(2)9-16/h10H,3-6,8-9H2,1-2H3. The molecule has 1 aromatic heterocycles. The Kier molecular flexibility index (Phi) is 4.01. The SMILES string of the molecule is CCc1nc(N2CCCC(C)C2)sc1CC#N. The Hall–Kier alpha value is -1.08. The van der Waals surface area contributed by atoms with E-state index >= 15 is 0 Å². The summed E-state index contributed by atoms with van der Waals surface area (Å²) < 4.78 is 0. The number of piperidine rings is 1. The minimum Gasteiger partial charge on any atom is -0.348 e. The zero-order valence-electron chi connectivity index (χ0n) is 10.6. The summed E-state index contributed by atoms with van der Waals surface area (Å²) in [6.07, 6.45) is 4.02. The molecule has 0 N–H and O–H groups in total. The van der Waals surface area contributed by atoms with Gasteiger partial charge in [0.05, 0.1) is 18.2 Å². The Labute approximate surface area is 107 Å². The van der Waals surface area contributed by atoms with Crippen LogP contribution in [-0.2, 0) is 12.8 Å². The van der Waals surface area contributed by atoms with Crippen LogP contribution in [0.3, 0.4) is 0 Å². The van der Waals surface area contributed by atoms with Crippen molar-refractivity contribution in [3.63, 3.8) is 0 Å². The molecule has 1 atom stereocenters. The molecule has 2 rings (SSSR count). The van der Waals surface area contributed by atoms with E-state index in [0.29, 0.717) is 6.42 Å². The van der Waals surface area contributed by atoms with Crippen molar-refractivity contribution in [2.45, 2.75) is 39.5 Å². The van der Waals surface area contributed by atoms with Gasteiger partial charge in [-0.1, -0.05) is 13.8 Å². The number of anilines is 1. The van der Waals surface area contributed by atoms with Gasteiger partial charge in [-0.05, 0) is 25.2 Å². The van der Waals surface area contributed by atoms with Gasteiger partial charge < -0.3 is 4.90 Å². The third-order valence-corrected chi connectivity index (χ3v) is 4.43. The molecule has 0 saturated carbocycles. The quantitative estimate of drug-likeness (QED) is 0.826. The minimum absolute atomic E-state index is 0.504. The van der Waals surface area contributed by atoms with Gasteiger partial charge in [0, 0.05) is 18.0 Å². The number of aromatic nitrogens is 1. The highest BCUT2D eigenvalue weighted by atomic mass is 32.1. The molecule has 1 unspecified atom stereocenters. The molecular formula is C13H19N3S. The average Bonchev–Trinajstić information content (AvgIpc) is 2.73. The predicted octanol–water partition coefficient (Wildman–Crippen LogP) is 3.01. The summed E-state index contributed by atoms with van der Waals surface area (Å²) in [5.41, 5.74) is 1.12. The van der Waals surface area contributed by atoms with Crippen LogP contribution in [0.1, 0.15) is 37.3 Å². The van der Waals surface area contributed by atoms with Crippen LogP contribution in [0, 0.1) is 17.2 Å². The maximum atomic E-state index is 8.82. The Morgan fingerprint density at radius 3 is 3.06 bits per heavy atom. The number of rotatable bonds is 3. The fourth-order valence-electron chi connectivity index (χ4n) is 2.35. The van der Waals surface area contributed by atoms with Crippen molar-refractivity contribution in [3.8, 4) is 6.07 Å². The zero-order valence-corrected chi connectivity index (χ0v) is 11.4. The lowest BCUT2D eigenvalue weighted by molar-refractivity contribution is 0.446. The topological polar surface area (TPSA) is 39.9 Å².